The molecular formula is C44H36N4. The predicted molar refractivity (Wildman–Crippen MR) is 192 cm³/mol. The van der Waals surface area contributed by atoms with E-state index in [2.05, 4.69) is 84.9 Å². The Balaban J connectivity index is 1.14. The third-order valence-electron chi connectivity index (χ3n) is 11.1. The molecule has 0 N–H and O–H groups in total. The van der Waals surface area contributed by atoms with Gasteiger partial charge in [-0.1, -0.05) is 109 Å². The van der Waals surface area contributed by atoms with Crippen LogP contribution in [0.3, 0.4) is 0 Å². The summed E-state index contributed by atoms with van der Waals surface area (Å²) in [5.74, 6) is 4.75. The summed E-state index contributed by atoms with van der Waals surface area (Å²) in [4.78, 5) is 15.2. The monoisotopic (exact) mass is 620 g/mol. The number of nitriles is 1. The standard InChI is InChI=1S/C44H36N4/c45-28-29-11-13-34(14-12-29)39-20-17-37(24-40(39)33-7-3-1-4-8-33)43-47-41(35-9-5-2-6-10-35)46-42(48-43)36-15-18-38(19-16-36)44-25-30-21-31(26-44)23-32(22-30)27-44/h1-20,24,30-32H,21-23,25-27H2/t30-,31-,32-,44?. The Labute approximate surface area is 282 Å². The second-order valence-corrected chi connectivity index (χ2v) is 14.3. The first-order chi connectivity index (χ1) is 23.6. The summed E-state index contributed by atoms with van der Waals surface area (Å²) in [6.45, 7) is 0. The van der Waals surface area contributed by atoms with Crippen molar-refractivity contribution in [3.63, 3.8) is 0 Å². The van der Waals surface area contributed by atoms with Gasteiger partial charge in [-0.15, -0.1) is 0 Å². The first-order valence-corrected chi connectivity index (χ1v) is 17.3. The Hall–Kier alpha value is -5.40. The summed E-state index contributed by atoms with van der Waals surface area (Å²) in [5, 5.41) is 9.35. The van der Waals surface area contributed by atoms with Gasteiger partial charge in [-0.05, 0) is 108 Å². The van der Waals surface area contributed by atoms with E-state index in [1.165, 1.54) is 44.1 Å². The van der Waals surface area contributed by atoms with E-state index in [-0.39, 0.29) is 0 Å². The van der Waals surface area contributed by atoms with Crippen molar-refractivity contribution in [2.45, 2.75) is 43.9 Å². The van der Waals surface area contributed by atoms with E-state index in [9.17, 15) is 5.26 Å². The van der Waals surface area contributed by atoms with Crippen molar-refractivity contribution in [2.24, 2.45) is 17.8 Å². The molecule has 232 valence electrons. The molecule has 0 atom stereocenters. The molecule has 48 heavy (non-hydrogen) atoms. The Morgan fingerprint density at radius 2 is 0.938 bits per heavy atom. The summed E-state index contributed by atoms with van der Waals surface area (Å²) < 4.78 is 0. The molecule has 5 aromatic carbocycles. The van der Waals surface area contributed by atoms with Gasteiger partial charge in [-0.3, -0.25) is 0 Å². The molecule has 0 saturated heterocycles. The van der Waals surface area contributed by atoms with E-state index < -0.39 is 0 Å². The molecule has 0 spiro atoms. The van der Waals surface area contributed by atoms with Crippen LogP contribution >= 0.6 is 0 Å². The van der Waals surface area contributed by atoms with Gasteiger partial charge in [0.1, 0.15) is 0 Å². The number of hydrogen-bond donors (Lipinski definition) is 0. The van der Waals surface area contributed by atoms with Crippen LogP contribution in [0.5, 0.6) is 0 Å². The minimum Gasteiger partial charge on any atom is -0.208 e. The molecule has 1 heterocycles. The van der Waals surface area contributed by atoms with Crippen molar-refractivity contribution in [3.05, 3.63) is 139 Å². The molecule has 4 bridgehead atoms. The third-order valence-corrected chi connectivity index (χ3v) is 11.1. The average Bonchev–Trinajstić information content (AvgIpc) is 3.15. The highest BCUT2D eigenvalue weighted by atomic mass is 15.0. The molecular weight excluding hydrogens is 585 g/mol. The zero-order valence-electron chi connectivity index (χ0n) is 26.9. The molecule has 0 amide bonds. The average molecular weight is 621 g/mol. The number of rotatable bonds is 6. The Bertz CT molecular complexity index is 2110. The SMILES string of the molecule is N#Cc1ccc(-c2ccc(-c3nc(-c4ccccc4)nc(-c4ccc(C56C[C@H]7C[C@H](C5)C[C@@H](C6)C7)cc4)n3)cc2-c2ccccc2)cc1. The maximum absolute atomic E-state index is 9.35. The number of benzene rings is 5. The molecule has 0 radical (unpaired) electrons. The number of nitrogens with zero attached hydrogens (tertiary/aromatic N) is 4. The highest BCUT2D eigenvalue weighted by Crippen LogP contribution is 2.60. The van der Waals surface area contributed by atoms with Crippen LogP contribution in [-0.2, 0) is 5.41 Å². The van der Waals surface area contributed by atoms with Crippen molar-refractivity contribution in [3.8, 4) is 62.5 Å². The molecule has 4 aliphatic rings. The van der Waals surface area contributed by atoms with Gasteiger partial charge in [-0.2, -0.15) is 5.26 Å². The summed E-state index contributed by atoms with van der Waals surface area (Å²) in [5.41, 5.74) is 9.76. The van der Waals surface area contributed by atoms with E-state index in [4.69, 9.17) is 15.0 Å². The van der Waals surface area contributed by atoms with Gasteiger partial charge in [0.05, 0.1) is 11.6 Å². The van der Waals surface area contributed by atoms with Crippen LogP contribution in [0, 0.1) is 29.1 Å². The highest BCUT2D eigenvalue weighted by Gasteiger charge is 2.51. The van der Waals surface area contributed by atoms with Crippen LogP contribution in [0.15, 0.2) is 127 Å². The fourth-order valence-electron chi connectivity index (χ4n) is 9.30. The van der Waals surface area contributed by atoms with Gasteiger partial charge >= 0.3 is 0 Å². The van der Waals surface area contributed by atoms with Crippen molar-refractivity contribution in [1.82, 2.24) is 15.0 Å². The lowest BCUT2D eigenvalue weighted by Crippen LogP contribution is -2.48. The summed E-state index contributed by atoms with van der Waals surface area (Å²) in [7, 11) is 0. The van der Waals surface area contributed by atoms with Crippen LogP contribution in [0.4, 0.5) is 0 Å². The van der Waals surface area contributed by atoms with E-state index >= 15 is 0 Å². The highest BCUT2D eigenvalue weighted by molar-refractivity contribution is 5.86. The minimum absolute atomic E-state index is 0.358. The first-order valence-electron chi connectivity index (χ1n) is 17.3. The van der Waals surface area contributed by atoms with Gasteiger partial charge in [0.15, 0.2) is 17.5 Å². The second kappa shape index (κ2) is 11.7. The third kappa shape index (κ3) is 5.20. The van der Waals surface area contributed by atoms with Gasteiger partial charge < -0.3 is 0 Å². The largest absolute Gasteiger partial charge is 0.208 e. The maximum Gasteiger partial charge on any atom is 0.164 e. The second-order valence-electron chi connectivity index (χ2n) is 14.3. The van der Waals surface area contributed by atoms with E-state index in [1.807, 2.05) is 48.5 Å². The van der Waals surface area contributed by atoms with Crippen LogP contribution in [-0.4, -0.2) is 15.0 Å². The van der Waals surface area contributed by atoms with Crippen molar-refractivity contribution < 1.29 is 0 Å². The minimum atomic E-state index is 0.358. The fourth-order valence-corrected chi connectivity index (χ4v) is 9.30. The summed E-state index contributed by atoms with van der Waals surface area (Å²) >= 11 is 0. The molecule has 4 heteroatoms. The van der Waals surface area contributed by atoms with Crippen LogP contribution < -0.4 is 0 Å². The molecule has 4 aliphatic carbocycles. The Kier molecular flexibility index (Phi) is 7.01. The first kappa shape index (κ1) is 28.8. The van der Waals surface area contributed by atoms with Gasteiger partial charge in [0.25, 0.3) is 0 Å². The number of hydrogen-bond acceptors (Lipinski definition) is 4. The van der Waals surface area contributed by atoms with Crippen LogP contribution in [0.25, 0.3) is 56.4 Å². The molecule has 0 unspecified atom stereocenters. The van der Waals surface area contributed by atoms with Crippen molar-refractivity contribution >= 4 is 0 Å². The molecule has 4 saturated carbocycles. The molecule has 10 rings (SSSR count). The maximum atomic E-state index is 9.35. The number of aromatic nitrogens is 3. The Morgan fingerprint density at radius 1 is 0.479 bits per heavy atom. The lowest BCUT2D eigenvalue weighted by Gasteiger charge is -2.57. The van der Waals surface area contributed by atoms with Gasteiger partial charge in [0.2, 0.25) is 0 Å². The molecule has 4 nitrogen and oxygen atoms in total. The van der Waals surface area contributed by atoms with Crippen molar-refractivity contribution in [2.75, 3.05) is 0 Å². The molecule has 6 aromatic rings. The van der Waals surface area contributed by atoms with E-state index in [0.717, 1.165) is 56.7 Å². The zero-order chi connectivity index (χ0) is 32.1. The van der Waals surface area contributed by atoms with E-state index in [1.54, 1.807) is 0 Å². The van der Waals surface area contributed by atoms with Crippen LogP contribution in [0.2, 0.25) is 0 Å². The summed E-state index contributed by atoms with van der Waals surface area (Å²) in [6.07, 6.45) is 8.42. The summed E-state index contributed by atoms with van der Waals surface area (Å²) in [6, 6.07) is 46.3. The molecule has 1 aromatic heterocycles. The topological polar surface area (TPSA) is 62.5 Å². The lowest BCUT2D eigenvalue weighted by molar-refractivity contribution is -0.00518. The van der Waals surface area contributed by atoms with Crippen molar-refractivity contribution in [1.29, 1.82) is 5.26 Å². The molecule has 4 fully saturated rings. The normalized spacial score (nSPS) is 22.4. The van der Waals surface area contributed by atoms with E-state index in [0.29, 0.717) is 28.5 Å². The Morgan fingerprint density at radius 3 is 1.50 bits per heavy atom. The molecule has 0 aliphatic heterocycles. The van der Waals surface area contributed by atoms with Crippen LogP contribution in [0.1, 0.15) is 49.7 Å². The lowest BCUT2D eigenvalue weighted by atomic mass is 9.48. The van der Waals surface area contributed by atoms with Gasteiger partial charge in [-0.25, -0.2) is 15.0 Å². The predicted octanol–water partition coefficient (Wildman–Crippen LogP) is 10.5. The smallest absolute Gasteiger partial charge is 0.164 e. The van der Waals surface area contributed by atoms with Gasteiger partial charge in [0, 0.05) is 16.7 Å². The fraction of sp³-hybridized carbons (Fsp3) is 0.227. The zero-order valence-corrected chi connectivity index (χ0v) is 26.9. The quantitative estimate of drug-likeness (QED) is 0.186.